The maximum Gasteiger partial charge on any atom is 0.267 e. The van der Waals surface area contributed by atoms with Crippen molar-refractivity contribution in [3.05, 3.63) is 58.3 Å². The zero-order valence-corrected chi connectivity index (χ0v) is 17.8. The number of rotatable bonds is 6. The Morgan fingerprint density at radius 3 is 2.56 bits per heavy atom. The fraction of sp³-hybridized carbons (Fsp3) is 0.263. The van der Waals surface area contributed by atoms with E-state index in [1.807, 2.05) is 50.2 Å². The number of hydrogen-bond acceptors (Lipinski definition) is 5. The van der Waals surface area contributed by atoms with E-state index in [2.05, 4.69) is 22.5 Å². The molecule has 2 aromatic heterocycles. The molecule has 0 aliphatic carbocycles. The van der Waals surface area contributed by atoms with Crippen molar-refractivity contribution in [3.8, 4) is 10.8 Å². The van der Waals surface area contributed by atoms with E-state index >= 15 is 0 Å². The lowest BCUT2D eigenvalue weighted by atomic mass is 10.1. The maximum absolute atomic E-state index is 12.7. The molecule has 0 unspecified atom stereocenters. The lowest BCUT2D eigenvalue weighted by Crippen LogP contribution is -2.17. The van der Waals surface area contributed by atoms with Crippen LogP contribution in [0.5, 0.6) is 0 Å². The molecule has 3 aromatic rings. The van der Waals surface area contributed by atoms with Crippen LogP contribution in [0.25, 0.3) is 10.8 Å². The highest BCUT2D eigenvalue weighted by molar-refractivity contribution is 7.17. The minimum absolute atomic E-state index is 0. The molecule has 0 bridgehead atoms. The Hall–Kier alpha value is -1.86. The zero-order chi connectivity index (χ0) is 17.8. The summed E-state index contributed by atoms with van der Waals surface area (Å²) in [7, 11) is 0. The summed E-state index contributed by atoms with van der Waals surface area (Å²) in [6.07, 6.45) is 0. The van der Waals surface area contributed by atoms with Gasteiger partial charge in [-0.05, 0) is 44.2 Å². The van der Waals surface area contributed by atoms with Gasteiger partial charge in [-0.1, -0.05) is 25.1 Å². The third kappa shape index (κ3) is 5.56. The van der Waals surface area contributed by atoms with Gasteiger partial charge in [-0.15, -0.1) is 36.2 Å². The maximum atomic E-state index is 12.7. The van der Waals surface area contributed by atoms with Crippen LogP contribution in [0.4, 0.5) is 5.69 Å². The predicted molar refractivity (Wildman–Crippen MR) is 116 cm³/mol. The molecule has 2 heterocycles. The average molecular weight is 428 g/mol. The number of aryl methyl sites for hydroxylation is 2. The second kappa shape index (κ2) is 10.5. The summed E-state index contributed by atoms with van der Waals surface area (Å²) in [4.78, 5) is 17.8. The number of hydrogen-bond donors (Lipinski definition) is 2. The minimum Gasteiger partial charge on any atom is -0.459 e. The predicted octanol–water partition coefficient (Wildman–Crippen LogP) is 5.23. The van der Waals surface area contributed by atoms with E-state index in [1.165, 1.54) is 11.3 Å². The van der Waals surface area contributed by atoms with Crippen molar-refractivity contribution in [2.45, 2.75) is 27.3 Å². The van der Waals surface area contributed by atoms with Gasteiger partial charge in [-0.2, -0.15) is 0 Å². The van der Waals surface area contributed by atoms with E-state index < -0.39 is 0 Å². The van der Waals surface area contributed by atoms with Gasteiger partial charge < -0.3 is 15.1 Å². The highest BCUT2D eigenvalue weighted by Crippen LogP contribution is 2.30. The first kappa shape index (κ1) is 23.2. The molecule has 27 heavy (non-hydrogen) atoms. The Bertz CT molecular complexity index is 893. The van der Waals surface area contributed by atoms with Gasteiger partial charge in [0.05, 0.1) is 5.69 Å². The average Bonchev–Trinajstić information content (AvgIpc) is 3.20. The van der Waals surface area contributed by atoms with Crippen LogP contribution < -0.4 is 10.6 Å². The molecule has 5 nitrogen and oxygen atoms in total. The number of furan rings is 1. The zero-order valence-electron chi connectivity index (χ0n) is 15.4. The first-order chi connectivity index (χ1) is 12.1. The SMILES string of the molecule is CCNCc1ccccc1NC(=O)c1sc(-c2ccc(C)o2)nc1C.Cl.Cl. The van der Waals surface area contributed by atoms with Crippen molar-refractivity contribution >= 4 is 47.7 Å². The number of thiazole rings is 1. The van der Waals surface area contributed by atoms with E-state index in [1.54, 1.807) is 0 Å². The summed E-state index contributed by atoms with van der Waals surface area (Å²) in [5.74, 6) is 1.37. The Labute approximate surface area is 175 Å². The molecule has 0 radical (unpaired) electrons. The monoisotopic (exact) mass is 427 g/mol. The van der Waals surface area contributed by atoms with Gasteiger partial charge in [0.15, 0.2) is 10.8 Å². The second-order valence-electron chi connectivity index (χ2n) is 5.74. The summed E-state index contributed by atoms with van der Waals surface area (Å²) in [6, 6.07) is 11.6. The fourth-order valence-electron chi connectivity index (χ4n) is 2.50. The quantitative estimate of drug-likeness (QED) is 0.565. The first-order valence-electron chi connectivity index (χ1n) is 8.22. The summed E-state index contributed by atoms with van der Waals surface area (Å²) >= 11 is 1.34. The largest absolute Gasteiger partial charge is 0.459 e. The number of aromatic nitrogens is 1. The van der Waals surface area contributed by atoms with E-state index in [0.29, 0.717) is 22.9 Å². The molecule has 8 heteroatoms. The van der Waals surface area contributed by atoms with Gasteiger partial charge in [0.2, 0.25) is 0 Å². The lowest BCUT2D eigenvalue weighted by Gasteiger charge is -2.10. The van der Waals surface area contributed by atoms with Crippen LogP contribution in [0.15, 0.2) is 40.8 Å². The van der Waals surface area contributed by atoms with Crippen LogP contribution in [0.1, 0.15) is 33.6 Å². The third-order valence-corrected chi connectivity index (χ3v) is 4.96. The van der Waals surface area contributed by atoms with Crippen molar-refractivity contribution < 1.29 is 9.21 Å². The van der Waals surface area contributed by atoms with Crippen LogP contribution in [-0.2, 0) is 6.54 Å². The molecule has 0 aliphatic heterocycles. The topological polar surface area (TPSA) is 67.2 Å². The Morgan fingerprint density at radius 2 is 1.89 bits per heavy atom. The number of benzene rings is 1. The molecule has 1 aromatic carbocycles. The first-order valence-corrected chi connectivity index (χ1v) is 9.04. The van der Waals surface area contributed by atoms with E-state index in [4.69, 9.17) is 4.42 Å². The highest BCUT2D eigenvalue weighted by atomic mass is 35.5. The molecule has 0 saturated heterocycles. The molecule has 0 fully saturated rings. The number of amides is 1. The minimum atomic E-state index is -0.145. The van der Waals surface area contributed by atoms with Crippen molar-refractivity contribution in [2.75, 3.05) is 11.9 Å². The van der Waals surface area contributed by atoms with Crippen molar-refractivity contribution in [3.63, 3.8) is 0 Å². The van der Waals surface area contributed by atoms with Crippen LogP contribution >= 0.6 is 36.2 Å². The Kier molecular flexibility index (Phi) is 8.99. The molecule has 2 N–H and O–H groups in total. The number of nitrogens with one attached hydrogen (secondary N) is 2. The molecule has 146 valence electrons. The van der Waals surface area contributed by atoms with Gasteiger partial charge in [0.1, 0.15) is 10.6 Å². The Morgan fingerprint density at radius 1 is 1.15 bits per heavy atom. The molecule has 0 aliphatic rings. The summed E-state index contributed by atoms with van der Waals surface area (Å²) in [5.41, 5.74) is 2.58. The van der Waals surface area contributed by atoms with E-state index in [9.17, 15) is 4.79 Å². The number of anilines is 1. The molecular weight excluding hydrogens is 405 g/mol. The summed E-state index contributed by atoms with van der Waals surface area (Å²) in [5, 5.41) is 7.01. The number of carbonyl (C=O) groups is 1. The van der Waals surface area contributed by atoms with Crippen LogP contribution in [0.3, 0.4) is 0 Å². The van der Waals surface area contributed by atoms with Gasteiger partial charge in [-0.3, -0.25) is 4.79 Å². The van der Waals surface area contributed by atoms with E-state index in [-0.39, 0.29) is 30.7 Å². The van der Waals surface area contributed by atoms with Crippen LogP contribution in [-0.4, -0.2) is 17.4 Å². The summed E-state index contributed by atoms with van der Waals surface area (Å²) in [6.45, 7) is 7.38. The normalized spacial score (nSPS) is 10.0. The fourth-order valence-corrected chi connectivity index (χ4v) is 3.42. The van der Waals surface area contributed by atoms with Crippen LogP contribution in [0, 0.1) is 13.8 Å². The van der Waals surface area contributed by atoms with Crippen molar-refractivity contribution in [1.29, 1.82) is 0 Å². The molecule has 0 spiro atoms. The smallest absolute Gasteiger partial charge is 0.267 e. The standard InChI is InChI=1S/C19H21N3O2S.2ClH/c1-4-20-11-14-7-5-6-8-15(14)22-18(23)17-13(3)21-19(25-17)16-10-9-12(2)24-16;;/h5-10,20H,4,11H2,1-3H3,(H,22,23);2*1H. The van der Waals surface area contributed by atoms with Gasteiger partial charge in [0, 0.05) is 12.2 Å². The van der Waals surface area contributed by atoms with Gasteiger partial charge in [-0.25, -0.2) is 4.98 Å². The Balaban J connectivity index is 0.00000182. The number of nitrogens with zero attached hydrogens (tertiary/aromatic N) is 1. The molecular formula is C19H23Cl2N3O2S. The number of carbonyl (C=O) groups excluding carboxylic acids is 1. The number of para-hydroxylation sites is 1. The molecule has 0 atom stereocenters. The molecule has 1 amide bonds. The van der Waals surface area contributed by atoms with Crippen molar-refractivity contribution in [1.82, 2.24) is 10.3 Å². The summed E-state index contributed by atoms with van der Waals surface area (Å²) < 4.78 is 5.61. The number of halogens is 2. The molecule has 3 rings (SSSR count). The lowest BCUT2D eigenvalue weighted by molar-refractivity contribution is 0.102. The van der Waals surface area contributed by atoms with Gasteiger partial charge >= 0.3 is 0 Å². The molecule has 0 saturated carbocycles. The second-order valence-corrected chi connectivity index (χ2v) is 6.73. The van der Waals surface area contributed by atoms with E-state index in [0.717, 1.165) is 28.6 Å². The highest BCUT2D eigenvalue weighted by Gasteiger charge is 2.18. The third-order valence-electron chi connectivity index (χ3n) is 3.78. The van der Waals surface area contributed by atoms with Crippen molar-refractivity contribution in [2.24, 2.45) is 0 Å². The van der Waals surface area contributed by atoms with Gasteiger partial charge in [0.25, 0.3) is 5.91 Å². The van der Waals surface area contributed by atoms with Crippen LogP contribution in [0.2, 0.25) is 0 Å².